The van der Waals surface area contributed by atoms with Crippen LogP contribution in [0.1, 0.15) is 12.0 Å². The zero-order valence-corrected chi connectivity index (χ0v) is 8.94. The molecule has 0 aliphatic carbocycles. The number of hydrogen-bond donors (Lipinski definition) is 1. The van der Waals surface area contributed by atoms with Crippen molar-refractivity contribution in [3.63, 3.8) is 0 Å². The number of hydrogen-bond acceptors (Lipinski definition) is 2. The van der Waals surface area contributed by atoms with Crippen LogP contribution in [0.25, 0.3) is 0 Å². The molecule has 0 unspecified atom stereocenters. The molecule has 0 amide bonds. The van der Waals surface area contributed by atoms with Gasteiger partial charge in [-0.1, -0.05) is 11.6 Å². The van der Waals surface area contributed by atoms with E-state index in [-0.39, 0.29) is 29.4 Å². The molecule has 1 rings (SSSR count). The number of halogens is 3. The second-order valence-corrected chi connectivity index (χ2v) is 3.41. The number of methoxy groups -OCH3 is 1. The summed E-state index contributed by atoms with van der Waals surface area (Å²) >= 11 is 5.69. The number of aliphatic hydroxyl groups is 1. The van der Waals surface area contributed by atoms with Crippen molar-refractivity contribution in [2.45, 2.75) is 12.8 Å². The van der Waals surface area contributed by atoms with Gasteiger partial charge in [0, 0.05) is 6.61 Å². The molecule has 5 heteroatoms. The molecule has 15 heavy (non-hydrogen) atoms. The van der Waals surface area contributed by atoms with E-state index >= 15 is 0 Å². The smallest absolute Gasteiger partial charge is 0.202 e. The van der Waals surface area contributed by atoms with E-state index < -0.39 is 11.6 Å². The van der Waals surface area contributed by atoms with E-state index in [1.54, 1.807) is 0 Å². The van der Waals surface area contributed by atoms with Crippen LogP contribution in [-0.4, -0.2) is 18.8 Å². The van der Waals surface area contributed by atoms with Crippen LogP contribution < -0.4 is 4.74 Å². The van der Waals surface area contributed by atoms with Crippen molar-refractivity contribution in [3.8, 4) is 5.75 Å². The average Bonchev–Trinajstić information content (AvgIpc) is 2.22. The predicted octanol–water partition coefficient (Wildman–Crippen LogP) is 2.55. The summed E-state index contributed by atoms with van der Waals surface area (Å²) in [6, 6.07) is 1.31. The first-order valence-corrected chi connectivity index (χ1v) is 4.80. The van der Waals surface area contributed by atoms with Crippen LogP contribution in [0.2, 0.25) is 5.02 Å². The maximum Gasteiger partial charge on any atom is 0.202 e. The molecule has 0 bridgehead atoms. The van der Waals surface area contributed by atoms with Gasteiger partial charge >= 0.3 is 0 Å². The topological polar surface area (TPSA) is 29.5 Å². The molecule has 1 aromatic rings. The lowest BCUT2D eigenvalue weighted by atomic mass is 10.1. The summed E-state index contributed by atoms with van der Waals surface area (Å²) < 4.78 is 31.3. The van der Waals surface area contributed by atoms with E-state index in [9.17, 15) is 8.78 Å². The van der Waals surface area contributed by atoms with Crippen LogP contribution in [-0.2, 0) is 6.42 Å². The van der Waals surface area contributed by atoms with Crippen LogP contribution in [0.4, 0.5) is 8.78 Å². The maximum absolute atomic E-state index is 13.4. The monoisotopic (exact) mass is 236 g/mol. The zero-order chi connectivity index (χ0) is 11.4. The van der Waals surface area contributed by atoms with Gasteiger partial charge in [0.1, 0.15) is 0 Å². The lowest BCUT2D eigenvalue weighted by molar-refractivity contribution is 0.287. The van der Waals surface area contributed by atoms with Gasteiger partial charge < -0.3 is 9.84 Å². The Morgan fingerprint density at radius 3 is 2.60 bits per heavy atom. The molecule has 1 N–H and O–H groups in total. The number of rotatable bonds is 4. The molecular weight excluding hydrogens is 226 g/mol. The van der Waals surface area contributed by atoms with Crippen molar-refractivity contribution in [2.75, 3.05) is 13.7 Å². The molecule has 0 atom stereocenters. The van der Waals surface area contributed by atoms with E-state index in [0.717, 1.165) is 0 Å². The van der Waals surface area contributed by atoms with Gasteiger partial charge in [-0.25, -0.2) is 4.39 Å². The quantitative estimate of drug-likeness (QED) is 0.815. The van der Waals surface area contributed by atoms with Crippen molar-refractivity contribution in [1.29, 1.82) is 0 Å². The molecular formula is C10H11ClF2O2. The third-order valence-corrected chi connectivity index (χ3v) is 2.28. The molecule has 0 fully saturated rings. The second-order valence-electron chi connectivity index (χ2n) is 3.01. The molecule has 84 valence electrons. The van der Waals surface area contributed by atoms with Crippen LogP contribution >= 0.6 is 11.6 Å². The van der Waals surface area contributed by atoms with Gasteiger partial charge in [0.05, 0.1) is 12.1 Å². The van der Waals surface area contributed by atoms with Crippen LogP contribution in [0.3, 0.4) is 0 Å². The Kier molecular flexibility index (Phi) is 4.29. The summed E-state index contributed by atoms with van der Waals surface area (Å²) in [7, 11) is 1.22. The standard InChI is InChI=1S/C10H11ClF2O2/c1-15-10-7(11)5-6(3-2-4-14)8(12)9(10)13/h5,14H,2-4H2,1H3. The van der Waals surface area contributed by atoms with Crippen LogP contribution in [0, 0.1) is 11.6 Å². The fourth-order valence-corrected chi connectivity index (χ4v) is 1.56. The molecule has 0 aliphatic heterocycles. The Balaban J connectivity index is 3.10. The second kappa shape index (κ2) is 5.28. The zero-order valence-electron chi connectivity index (χ0n) is 8.19. The van der Waals surface area contributed by atoms with Gasteiger partial charge in [-0.05, 0) is 24.5 Å². The summed E-state index contributed by atoms with van der Waals surface area (Å²) in [6.45, 7) is -0.0787. The molecule has 2 nitrogen and oxygen atoms in total. The van der Waals surface area contributed by atoms with Gasteiger partial charge in [0.25, 0.3) is 0 Å². The highest BCUT2D eigenvalue weighted by Gasteiger charge is 2.17. The van der Waals surface area contributed by atoms with E-state index in [1.165, 1.54) is 13.2 Å². The van der Waals surface area contributed by atoms with Crippen LogP contribution in [0.15, 0.2) is 6.07 Å². The first-order chi connectivity index (χ1) is 7.11. The minimum absolute atomic E-state index is 0.0318. The molecule has 0 radical (unpaired) electrons. The highest BCUT2D eigenvalue weighted by Crippen LogP contribution is 2.31. The SMILES string of the molecule is COc1c(Cl)cc(CCCO)c(F)c1F. The van der Waals surface area contributed by atoms with E-state index in [2.05, 4.69) is 4.74 Å². The van der Waals surface area contributed by atoms with Crippen molar-refractivity contribution in [3.05, 3.63) is 28.3 Å². The van der Waals surface area contributed by atoms with E-state index in [1.807, 2.05) is 0 Å². The number of aliphatic hydroxyl groups excluding tert-OH is 1. The lowest BCUT2D eigenvalue weighted by Gasteiger charge is -2.09. The van der Waals surface area contributed by atoms with Crippen molar-refractivity contribution < 1.29 is 18.6 Å². The number of aryl methyl sites for hydroxylation is 1. The summed E-state index contributed by atoms with van der Waals surface area (Å²) in [5, 5.41) is 8.62. The maximum atomic E-state index is 13.4. The molecule has 1 aromatic carbocycles. The first kappa shape index (κ1) is 12.2. The Bertz CT molecular complexity index is 356. The van der Waals surface area contributed by atoms with Crippen molar-refractivity contribution in [2.24, 2.45) is 0 Å². The summed E-state index contributed by atoms with van der Waals surface area (Å²) in [6.07, 6.45) is 0.599. The van der Waals surface area contributed by atoms with Gasteiger partial charge in [-0.2, -0.15) is 4.39 Å². The first-order valence-electron chi connectivity index (χ1n) is 4.43. The van der Waals surface area contributed by atoms with Gasteiger partial charge in [-0.15, -0.1) is 0 Å². The molecule has 0 saturated heterocycles. The van der Waals surface area contributed by atoms with E-state index in [4.69, 9.17) is 16.7 Å². The lowest BCUT2D eigenvalue weighted by Crippen LogP contribution is -2.00. The Hall–Kier alpha value is -0.870. The molecule has 0 spiro atoms. The van der Waals surface area contributed by atoms with Gasteiger partial charge in [0.15, 0.2) is 11.6 Å². The minimum atomic E-state index is -1.09. The minimum Gasteiger partial charge on any atom is -0.492 e. The third-order valence-electron chi connectivity index (χ3n) is 2.00. The third kappa shape index (κ3) is 2.58. The number of benzene rings is 1. The van der Waals surface area contributed by atoms with Crippen molar-refractivity contribution >= 4 is 11.6 Å². The average molecular weight is 237 g/mol. The van der Waals surface area contributed by atoms with Gasteiger partial charge in [-0.3, -0.25) is 0 Å². The molecule has 0 aliphatic rings. The summed E-state index contributed by atoms with van der Waals surface area (Å²) in [5.41, 5.74) is 0.146. The summed E-state index contributed by atoms with van der Waals surface area (Å²) in [5.74, 6) is -2.34. The fraction of sp³-hybridized carbons (Fsp3) is 0.400. The Morgan fingerprint density at radius 2 is 2.07 bits per heavy atom. The van der Waals surface area contributed by atoms with Crippen LogP contribution in [0.5, 0.6) is 5.75 Å². The Morgan fingerprint density at radius 1 is 1.40 bits per heavy atom. The van der Waals surface area contributed by atoms with E-state index in [0.29, 0.717) is 6.42 Å². The molecule has 0 heterocycles. The highest BCUT2D eigenvalue weighted by molar-refractivity contribution is 6.32. The van der Waals surface area contributed by atoms with Gasteiger partial charge in [0.2, 0.25) is 5.82 Å². The highest BCUT2D eigenvalue weighted by atomic mass is 35.5. The van der Waals surface area contributed by atoms with Crippen molar-refractivity contribution in [1.82, 2.24) is 0 Å². The largest absolute Gasteiger partial charge is 0.492 e. The summed E-state index contributed by atoms with van der Waals surface area (Å²) in [4.78, 5) is 0. The molecule has 0 aromatic heterocycles. The Labute approximate surface area is 91.4 Å². The fourth-order valence-electron chi connectivity index (χ4n) is 1.27. The number of ether oxygens (including phenoxy) is 1. The predicted molar refractivity (Wildman–Crippen MR) is 53.3 cm³/mol. The molecule has 0 saturated carbocycles. The normalized spacial score (nSPS) is 10.5.